The molecule has 4 nitrogen and oxygen atoms in total. The minimum absolute atomic E-state index is 0.731. The molecule has 1 atom stereocenters. The molecule has 2 saturated heterocycles. The maximum absolute atomic E-state index is 4.97. The lowest BCUT2D eigenvalue weighted by Gasteiger charge is -2.34. The van der Waals surface area contributed by atoms with Crippen molar-refractivity contribution in [1.29, 1.82) is 0 Å². The summed E-state index contributed by atoms with van der Waals surface area (Å²) in [6.45, 7) is 8.77. The number of benzene rings is 1. The van der Waals surface area contributed by atoms with Crippen LogP contribution in [0.1, 0.15) is 31.7 Å². The number of likely N-dealkylation sites (tertiary alicyclic amines) is 2. The van der Waals surface area contributed by atoms with Crippen LogP contribution in [-0.4, -0.2) is 62.1 Å². The molecule has 0 aliphatic carbocycles. The van der Waals surface area contributed by atoms with Gasteiger partial charge in [0.25, 0.3) is 0 Å². The van der Waals surface area contributed by atoms with E-state index in [1.165, 1.54) is 44.3 Å². The van der Waals surface area contributed by atoms with Gasteiger partial charge in [-0.2, -0.15) is 0 Å². The van der Waals surface area contributed by atoms with E-state index in [2.05, 4.69) is 59.4 Å². The summed E-state index contributed by atoms with van der Waals surface area (Å²) in [4.78, 5) is 9.86. The molecular weight excluding hydrogens is 308 g/mol. The largest absolute Gasteiger partial charge is 0.357 e. The first-order valence-corrected chi connectivity index (χ1v) is 10.00. The minimum atomic E-state index is 0.731. The summed E-state index contributed by atoms with van der Waals surface area (Å²) >= 11 is 0. The van der Waals surface area contributed by atoms with Crippen molar-refractivity contribution in [3.05, 3.63) is 35.9 Å². The molecule has 138 valence electrons. The van der Waals surface area contributed by atoms with Crippen molar-refractivity contribution < 1.29 is 0 Å². The average molecular weight is 343 g/mol. The monoisotopic (exact) mass is 342 g/mol. The number of nitrogens with zero attached hydrogens (tertiary/aromatic N) is 3. The smallest absolute Gasteiger partial charge is 0.193 e. The highest BCUT2D eigenvalue weighted by atomic mass is 15.3. The predicted molar refractivity (Wildman–Crippen MR) is 106 cm³/mol. The third kappa shape index (κ3) is 5.46. The Bertz CT molecular complexity index is 534. The molecule has 1 unspecified atom stereocenters. The molecule has 1 N–H and O–H groups in total. The van der Waals surface area contributed by atoms with Crippen molar-refractivity contribution >= 4 is 5.96 Å². The van der Waals surface area contributed by atoms with E-state index in [0.717, 1.165) is 44.0 Å². The van der Waals surface area contributed by atoms with Crippen LogP contribution in [0.15, 0.2) is 35.3 Å². The summed E-state index contributed by atoms with van der Waals surface area (Å²) in [6.07, 6.45) is 5.05. The quantitative estimate of drug-likeness (QED) is 0.659. The first-order chi connectivity index (χ1) is 12.2. The Morgan fingerprint density at radius 1 is 1.08 bits per heavy atom. The molecule has 1 aromatic rings. The van der Waals surface area contributed by atoms with Crippen LogP contribution in [0.4, 0.5) is 0 Å². The van der Waals surface area contributed by atoms with Gasteiger partial charge in [-0.3, -0.25) is 4.99 Å². The van der Waals surface area contributed by atoms with Gasteiger partial charge in [-0.05, 0) is 63.6 Å². The summed E-state index contributed by atoms with van der Waals surface area (Å²) < 4.78 is 0. The molecular formula is C21H34N4. The SMILES string of the molecule is CCNC(=NCC1CCN(C)C1)N1CCC(Cc2ccccc2)CC1. The van der Waals surface area contributed by atoms with E-state index in [4.69, 9.17) is 4.99 Å². The fraction of sp³-hybridized carbons (Fsp3) is 0.667. The molecule has 0 radical (unpaired) electrons. The molecule has 25 heavy (non-hydrogen) atoms. The van der Waals surface area contributed by atoms with Crippen LogP contribution in [-0.2, 0) is 6.42 Å². The van der Waals surface area contributed by atoms with Gasteiger partial charge in [0.05, 0.1) is 0 Å². The molecule has 2 fully saturated rings. The molecule has 2 aliphatic heterocycles. The van der Waals surface area contributed by atoms with Gasteiger partial charge in [-0.25, -0.2) is 0 Å². The second kappa shape index (κ2) is 9.23. The van der Waals surface area contributed by atoms with Gasteiger partial charge in [0.1, 0.15) is 0 Å². The van der Waals surface area contributed by atoms with Crippen LogP contribution in [0.25, 0.3) is 0 Å². The van der Waals surface area contributed by atoms with Crippen LogP contribution < -0.4 is 5.32 Å². The van der Waals surface area contributed by atoms with E-state index >= 15 is 0 Å². The molecule has 4 heteroatoms. The molecule has 2 heterocycles. The summed E-state index contributed by atoms with van der Waals surface area (Å²) in [7, 11) is 2.21. The van der Waals surface area contributed by atoms with Gasteiger partial charge in [-0.15, -0.1) is 0 Å². The zero-order valence-electron chi connectivity index (χ0n) is 16.0. The highest BCUT2D eigenvalue weighted by Gasteiger charge is 2.23. The lowest BCUT2D eigenvalue weighted by molar-refractivity contribution is 0.258. The maximum Gasteiger partial charge on any atom is 0.193 e. The summed E-state index contributed by atoms with van der Waals surface area (Å²) in [6, 6.07) is 10.9. The van der Waals surface area contributed by atoms with Gasteiger partial charge < -0.3 is 15.1 Å². The third-order valence-electron chi connectivity index (χ3n) is 5.60. The van der Waals surface area contributed by atoms with E-state index in [0.29, 0.717) is 0 Å². The Morgan fingerprint density at radius 3 is 2.44 bits per heavy atom. The molecule has 0 aromatic heterocycles. The van der Waals surface area contributed by atoms with Crippen molar-refractivity contribution in [2.24, 2.45) is 16.8 Å². The number of hydrogen-bond donors (Lipinski definition) is 1. The molecule has 2 aliphatic rings. The van der Waals surface area contributed by atoms with Gasteiger partial charge >= 0.3 is 0 Å². The Kier molecular flexibility index (Phi) is 6.74. The fourth-order valence-electron chi connectivity index (χ4n) is 4.11. The Hall–Kier alpha value is -1.55. The van der Waals surface area contributed by atoms with E-state index in [9.17, 15) is 0 Å². The van der Waals surface area contributed by atoms with E-state index < -0.39 is 0 Å². The number of nitrogens with one attached hydrogen (secondary N) is 1. The van der Waals surface area contributed by atoms with Gasteiger partial charge in [0.15, 0.2) is 5.96 Å². The first kappa shape index (κ1) is 18.2. The van der Waals surface area contributed by atoms with Crippen LogP contribution in [0.5, 0.6) is 0 Å². The van der Waals surface area contributed by atoms with E-state index in [1.54, 1.807) is 0 Å². The summed E-state index contributed by atoms with van der Waals surface area (Å²) in [5.74, 6) is 2.68. The molecule has 0 bridgehead atoms. The zero-order chi connectivity index (χ0) is 17.5. The summed E-state index contributed by atoms with van der Waals surface area (Å²) in [5, 5.41) is 3.51. The van der Waals surface area contributed by atoms with Crippen molar-refractivity contribution in [1.82, 2.24) is 15.1 Å². The van der Waals surface area contributed by atoms with E-state index in [-0.39, 0.29) is 0 Å². The second-order valence-corrected chi connectivity index (χ2v) is 7.73. The second-order valence-electron chi connectivity index (χ2n) is 7.73. The lowest BCUT2D eigenvalue weighted by atomic mass is 9.90. The highest BCUT2D eigenvalue weighted by molar-refractivity contribution is 5.80. The van der Waals surface area contributed by atoms with Crippen LogP contribution in [0.2, 0.25) is 0 Å². The maximum atomic E-state index is 4.97. The van der Waals surface area contributed by atoms with Gasteiger partial charge in [0, 0.05) is 32.7 Å². The fourth-order valence-corrected chi connectivity index (χ4v) is 4.11. The third-order valence-corrected chi connectivity index (χ3v) is 5.60. The molecule has 0 amide bonds. The number of rotatable bonds is 5. The van der Waals surface area contributed by atoms with Crippen molar-refractivity contribution in [2.45, 2.75) is 32.6 Å². The predicted octanol–water partition coefficient (Wildman–Crippen LogP) is 2.86. The number of piperidine rings is 1. The standard InChI is InChI=1S/C21H34N4/c1-3-22-21(23-16-20-9-12-24(2)17-20)25-13-10-19(11-14-25)15-18-7-5-4-6-8-18/h4-8,19-20H,3,9-17H2,1-2H3,(H,22,23). The Labute approximate surface area is 153 Å². The minimum Gasteiger partial charge on any atom is -0.357 e. The van der Waals surface area contributed by atoms with E-state index in [1.807, 2.05) is 0 Å². The first-order valence-electron chi connectivity index (χ1n) is 10.00. The normalized spacial score (nSPS) is 23.2. The molecule has 0 saturated carbocycles. The van der Waals surface area contributed by atoms with Crippen LogP contribution in [0.3, 0.4) is 0 Å². The van der Waals surface area contributed by atoms with Crippen LogP contribution >= 0.6 is 0 Å². The Morgan fingerprint density at radius 2 is 1.80 bits per heavy atom. The van der Waals surface area contributed by atoms with Crippen molar-refractivity contribution in [3.63, 3.8) is 0 Å². The number of aliphatic imine (C=N–C) groups is 1. The van der Waals surface area contributed by atoms with Gasteiger partial charge in [0.2, 0.25) is 0 Å². The lowest BCUT2D eigenvalue weighted by Crippen LogP contribution is -2.46. The van der Waals surface area contributed by atoms with Gasteiger partial charge in [-0.1, -0.05) is 30.3 Å². The molecule has 0 spiro atoms. The molecule has 1 aromatic carbocycles. The zero-order valence-corrected chi connectivity index (χ0v) is 16.0. The van der Waals surface area contributed by atoms with Crippen molar-refractivity contribution in [3.8, 4) is 0 Å². The average Bonchev–Trinajstić information content (AvgIpc) is 3.06. The number of guanidine groups is 1. The Balaban J connectivity index is 1.49. The summed E-state index contributed by atoms with van der Waals surface area (Å²) in [5.41, 5.74) is 1.48. The van der Waals surface area contributed by atoms with Crippen molar-refractivity contribution in [2.75, 3.05) is 46.3 Å². The highest BCUT2D eigenvalue weighted by Crippen LogP contribution is 2.22. The number of hydrogen-bond acceptors (Lipinski definition) is 2. The molecule has 3 rings (SSSR count). The van der Waals surface area contributed by atoms with Crippen LogP contribution in [0, 0.1) is 11.8 Å². The topological polar surface area (TPSA) is 30.9 Å².